The number of benzene rings is 2. The van der Waals surface area contributed by atoms with Crippen LogP contribution < -0.4 is 31.2 Å². The van der Waals surface area contributed by atoms with Crippen LogP contribution in [0, 0.1) is 0 Å². The molecule has 0 aromatic heterocycles. The molecule has 159 valence electrons. The summed E-state index contributed by atoms with van der Waals surface area (Å²) in [6, 6.07) is 23.8. The molecule has 3 aromatic carbocycles. The van der Waals surface area contributed by atoms with Crippen LogP contribution in [0.25, 0.3) is 0 Å². The zero-order valence-corrected chi connectivity index (χ0v) is 20.1. The summed E-state index contributed by atoms with van der Waals surface area (Å²) < 4.78 is 2.61. The zero-order valence-electron chi connectivity index (χ0n) is 20.1. The molecule has 0 saturated heterocycles. The highest BCUT2D eigenvalue weighted by Crippen LogP contribution is 2.20. The Bertz CT molecular complexity index is 904. The van der Waals surface area contributed by atoms with Crippen molar-refractivity contribution in [2.75, 3.05) is 4.90 Å². The van der Waals surface area contributed by atoms with Crippen LogP contribution in [-0.4, -0.2) is 30.9 Å². The van der Waals surface area contributed by atoms with Crippen LogP contribution in [-0.2, 0) is 0 Å². The van der Waals surface area contributed by atoms with Crippen LogP contribution in [0.15, 0.2) is 60.7 Å². The Morgan fingerprint density at radius 1 is 0.633 bits per heavy atom. The number of hydrogen-bond acceptors (Lipinski definition) is 1. The smallest absolute Gasteiger partial charge is 0.185 e. The SMILES string of the molecule is CC(C)N(c1c([B-](c2ccccc2)c2ccccc2)c1=[N+](C(C)C)C(C)C)C(C)C. The standard InChI is InChI=1S/C27H38BN2/c1-19(2)29(20(3)4)26-25(27(26)30(21(5)6)22(7)8)28(23-15-11-9-12-16-23)24-17-13-10-14-18-24/h9-22H,1-8H3. The topological polar surface area (TPSA) is 6.25 Å². The van der Waals surface area contributed by atoms with Crippen molar-refractivity contribution in [1.82, 2.24) is 4.58 Å². The predicted octanol–water partition coefficient (Wildman–Crippen LogP) is 3.29. The third-order valence-electron chi connectivity index (χ3n) is 5.97. The predicted molar refractivity (Wildman–Crippen MR) is 135 cm³/mol. The van der Waals surface area contributed by atoms with Gasteiger partial charge in [-0.3, -0.25) is 0 Å². The number of rotatable bonds is 8. The van der Waals surface area contributed by atoms with E-state index in [1.807, 2.05) is 0 Å². The minimum atomic E-state index is 0.261. The second-order valence-electron chi connectivity index (χ2n) is 9.55. The van der Waals surface area contributed by atoms with Crippen molar-refractivity contribution in [1.29, 1.82) is 0 Å². The monoisotopic (exact) mass is 401 g/mol. The Hall–Kier alpha value is -2.29. The van der Waals surface area contributed by atoms with Crippen LogP contribution in [0.3, 0.4) is 0 Å². The van der Waals surface area contributed by atoms with E-state index in [9.17, 15) is 0 Å². The molecule has 0 aliphatic carbocycles. The van der Waals surface area contributed by atoms with E-state index in [0.29, 0.717) is 24.2 Å². The minimum absolute atomic E-state index is 0.261. The van der Waals surface area contributed by atoms with Gasteiger partial charge in [-0.2, -0.15) is 0 Å². The molecule has 1 radical (unpaired) electrons. The summed E-state index contributed by atoms with van der Waals surface area (Å²) >= 11 is 0. The molecule has 0 aliphatic heterocycles. The lowest BCUT2D eigenvalue weighted by molar-refractivity contribution is 0.429. The van der Waals surface area contributed by atoms with E-state index in [4.69, 9.17) is 0 Å². The number of hydrogen-bond donors (Lipinski definition) is 0. The first-order chi connectivity index (χ1) is 14.3. The van der Waals surface area contributed by atoms with Gasteiger partial charge in [-0.1, -0.05) is 60.7 Å². The maximum Gasteiger partial charge on any atom is 0.185 e. The normalized spacial score (nSPS) is 12.2. The Labute approximate surface area is 184 Å². The molecule has 0 spiro atoms. The van der Waals surface area contributed by atoms with Crippen molar-refractivity contribution < 1.29 is 0 Å². The summed E-state index contributed by atoms with van der Waals surface area (Å²) in [6.07, 6.45) is 0. The summed E-state index contributed by atoms with van der Waals surface area (Å²) in [4.78, 5) is 2.61. The minimum Gasteiger partial charge on any atom is -0.364 e. The molecule has 3 heteroatoms. The Kier molecular flexibility index (Phi) is 6.90. The molecule has 2 nitrogen and oxygen atoms in total. The zero-order chi connectivity index (χ0) is 22.0. The maximum absolute atomic E-state index is 2.61. The van der Waals surface area contributed by atoms with Crippen LogP contribution in [0.4, 0.5) is 5.69 Å². The van der Waals surface area contributed by atoms with Gasteiger partial charge in [0, 0.05) is 12.1 Å². The Morgan fingerprint density at radius 3 is 1.37 bits per heavy atom. The molecule has 0 fully saturated rings. The fourth-order valence-corrected chi connectivity index (χ4v) is 5.02. The van der Waals surface area contributed by atoms with E-state index in [0.717, 1.165) is 0 Å². The van der Waals surface area contributed by atoms with Gasteiger partial charge >= 0.3 is 0 Å². The third-order valence-corrected chi connectivity index (χ3v) is 5.97. The van der Waals surface area contributed by atoms with E-state index < -0.39 is 0 Å². The summed E-state index contributed by atoms with van der Waals surface area (Å²) in [5, 5.41) is 1.46. The summed E-state index contributed by atoms with van der Waals surface area (Å²) in [6.45, 7) is 18.8. The molecule has 0 atom stereocenters. The van der Waals surface area contributed by atoms with E-state index in [2.05, 4.69) is 126 Å². The summed E-state index contributed by atoms with van der Waals surface area (Å²) in [5.74, 6) is 0. The molecule has 0 amide bonds. The van der Waals surface area contributed by atoms with Gasteiger partial charge in [-0.05, 0) is 62.1 Å². The van der Waals surface area contributed by atoms with Crippen molar-refractivity contribution >= 4 is 28.8 Å². The summed E-state index contributed by atoms with van der Waals surface area (Å²) in [7, 11) is 0. The largest absolute Gasteiger partial charge is 0.364 e. The van der Waals surface area contributed by atoms with Gasteiger partial charge in [0.15, 0.2) is 5.36 Å². The van der Waals surface area contributed by atoms with E-state index in [1.54, 1.807) is 0 Å². The van der Waals surface area contributed by atoms with Gasteiger partial charge in [0.2, 0.25) is 0 Å². The fourth-order valence-electron chi connectivity index (χ4n) is 5.02. The van der Waals surface area contributed by atoms with Crippen LogP contribution in [0.5, 0.6) is 0 Å². The first-order valence-electron chi connectivity index (χ1n) is 11.5. The van der Waals surface area contributed by atoms with Gasteiger partial charge in [-0.15, -0.1) is 5.46 Å². The molecular formula is C27H38BN2. The maximum atomic E-state index is 2.61. The number of anilines is 1. The van der Waals surface area contributed by atoms with Crippen molar-refractivity contribution in [3.63, 3.8) is 0 Å². The molecule has 3 aromatic rings. The van der Waals surface area contributed by atoms with E-state index in [-0.39, 0.29) is 6.71 Å². The van der Waals surface area contributed by atoms with Crippen molar-refractivity contribution in [2.45, 2.75) is 79.6 Å². The van der Waals surface area contributed by atoms with Crippen molar-refractivity contribution in [3.8, 4) is 0 Å². The summed E-state index contributed by atoms with van der Waals surface area (Å²) in [5.41, 5.74) is 5.69. The highest BCUT2D eigenvalue weighted by Gasteiger charge is 2.35. The molecule has 30 heavy (non-hydrogen) atoms. The number of nitrogens with zero attached hydrogens (tertiary/aromatic N) is 2. The molecule has 0 bridgehead atoms. The highest BCUT2D eigenvalue weighted by molar-refractivity contribution is 6.97. The molecule has 0 aliphatic rings. The van der Waals surface area contributed by atoms with Crippen molar-refractivity contribution in [3.05, 3.63) is 66.0 Å². The lowest BCUT2D eigenvalue weighted by atomic mass is 9.39. The molecule has 0 N–H and O–H groups in total. The molecular weight excluding hydrogens is 363 g/mol. The lowest BCUT2D eigenvalue weighted by Gasteiger charge is -2.32. The Balaban J connectivity index is 2.33. The van der Waals surface area contributed by atoms with Gasteiger partial charge in [0.25, 0.3) is 0 Å². The van der Waals surface area contributed by atoms with Crippen LogP contribution in [0.1, 0.15) is 55.4 Å². The van der Waals surface area contributed by atoms with Crippen molar-refractivity contribution in [2.24, 2.45) is 0 Å². The molecule has 3 rings (SSSR count). The molecule has 0 heterocycles. The lowest BCUT2D eigenvalue weighted by Crippen LogP contribution is -2.53. The second-order valence-corrected chi connectivity index (χ2v) is 9.55. The first-order valence-corrected chi connectivity index (χ1v) is 11.5. The molecule has 0 saturated carbocycles. The van der Waals surface area contributed by atoms with Crippen LogP contribution in [0.2, 0.25) is 0 Å². The van der Waals surface area contributed by atoms with Gasteiger partial charge < -0.3 is 4.90 Å². The van der Waals surface area contributed by atoms with E-state index in [1.165, 1.54) is 27.4 Å². The average Bonchev–Trinajstić information content (AvgIpc) is 3.35. The van der Waals surface area contributed by atoms with E-state index >= 15 is 0 Å². The quantitative estimate of drug-likeness (QED) is 0.415. The van der Waals surface area contributed by atoms with Crippen LogP contribution >= 0.6 is 0 Å². The Morgan fingerprint density at radius 2 is 1.03 bits per heavy atom. The second kappa shape index (κ2) is 9.24. The van der Waals surface area contributed by atoms with Gasteiger partial charge in [0.05, 0.1) is 5.69 Å². The highest BCUT2D eigenvalue weighted by atomic mass is 15.2. The van der Waals surface area contributed by atoms with Gasteiger partial charge in [0.1, 0.15) is 12.1 Å². The fraction of sp³-hybridized carbons (Fsp3) is 0.444. The third kappa shape index (κ3) is 4.40. The van der Waals surface area contributed by atoms with Gasteiger partial charge in [-0.25, -0.2) is 15.5 Å². The first kappa shape index (κ1) is 22.4. The molecule has 0 unspecified atom stereocenters. The average molecular weight is 401 g/mol.